The van der Waals surface area contributed by atoms with Gasteiger partial charge in [0.2, 0.25) is 0 Å². The maximum Gasteiger partial charge on any atom is 0.179 e. The predicted molar refractivity (Wildman–Crippen MR) is 84.8 cm³/mol. The predicted octanol–water partition coefficient (Wildman–Crippen LogP) is 5.92. The van der Waals surface area contributed by atoms with E-state index in [0.717, 1.165) is 0 Å². The minimum absolute atomic E-state index is 0.194. The topological polar surface area (TPSA) is 32.6 Å². The van der Waals surface area contributed by atoms with Gasteiger partial charge in [-0.1, -0.05) is 101 Å². The maximum atomic E-state index is 8.61. The van der Waals surface area contributed by atoms with E-state index in [-0.39, 0.29) is 5.34 Å². The van der Waals surface area contributed by atoms with E-state index in [4.69, 9.17) is 28.4 Å². The van der Waals surface area contributed by atoms with Crippen molar-refractivity contribution in [2.45, 2.75) is 4.29 Å². The van der Waals surface area contributed by atoms with E-state index in [1.165, 1.54) is 0 Å². The van der Waals surface area contributed by atoms with Crippen LogP contribution in [0.2, 0.25) is 0 Å². The molecule has 0 spiro atoms. The molecular formula is C4H3Br6Cl2NO. The first-order chi connectivity index (χ1) is 6.11. The van der Waals surface area contributed by atoms with Crippen molar-refractivity contribution in [2.24, 2.45) is 5.16 Å². The number of alkyl halides is 8. The lowest BCUT2D eigenvalue weighted by Gasteiger charge is -2.20. The molecule has 0 aliphatic heterocycles. The van der Waals surface area contributed by atoms with Gasteiger partial charge in [0.1, 0.15) is 5.71 Å². The van der Waals surface area contributed by atoms with Gasteiger partial charge in [0.15, 0.2) is 4.29 Å². The van der Waals surface area contributed by atoms with Crippen molar-refractivity contribution in [1.29, 1.82) is 0 Å². The zero-order chi connectivity index (χ0) is 12.0. The molecule has 0 saturated heterocycles. The van der Waals surface area contributed by atoms with Gasteiger partial charge in [-0.05, 0) is 0 Å². The minimum atomic E-state index is -0.752. The van der Waals surface area contributed by atoms with Crippen LogP contribution in [0.4, 0.5) is 0 Å². The van der Waals surface area contributed by atoms with Crippen molar-refractivity contribution >= 4 is 124 Å². The second-order valence-electron chi connectivity index (χ2n) is 1.55. The highest BCUT2D eigenvalue weighted by molar-refractivity contribution is 9.42. The Bertz CT molecular complexity index is 171. The maximum absolute atomic E-state index is 8.61. The number of hydrogen-bond acceptors (Lipinski definition) is 2. The molecule has 0 bridgehead atoms. The van der Waals surface area contributed by atoms with Crippen molar-refractivity contribution in [3.05, 3.63) is 0 Å². The molecule has 0 saturated carbocycles. The van der Waals surface area contributed by atoms with Crippen LogP contribution in [0.1, 0.15) is 0 Å². The molecule has 0 unspecified atom stereocenters. The molecule has 0 aliphatic rings. The summed E-state index contributed by atoms with van der Waals surface area (Å²) in [6.07, 6.45) is 0. The Balaban J connectivity index is 0. The second-order valence-corrected chi connectivity index (χ2v) is 15.9. The van der Waals surface area contributed by atoms with Gasteiger partial charge in [-0.2, -0.15) is 0 Å². The zero-order valence-electron chi connectivity index (χ0n) is 6.13. The summed E-state index contributed by atoms with van der Waals surface area (Å²) in [6.45, 7) is 0. The van der Waals surface area contributed by atoms with Gasteiger partial charge in [-0.3, -0.25) is 0 Å². The van der Waals surface area contributed by atoms with E-state index in [0.29, 0.717) is 5.71 Å². The van der Waals surface area contributed by atoms with Crippen molar-refractivity contribution in [3.63, 3.8) is 0 Å². The van der Waals surface area contributed by atoms with E-state index in [9.17, 15) is 0 Å². The lowest BCUT2D eigenvalue weighted by Crippen LogP contribution is -2.29. The molecule has 0 amide bonds. The van der Waals surface area contributed by atoms with E-state index in [1.54, 1.807) is 0 Å². The van der Waals surface area contributed by atoms with E-state index < -0.39 is 4.29 Å². The molecule has 2 nitrogen and oxygen atoms in total. The summed E-state index contributed by atoms with van der Waals surface area (Å²) >= 11 is 28.7. The third-order valence-corrected chi connectivity index (χ3v) is 2.89. The monoisotopic (exact) mass is 624 g/mol. The Labute approximate surface area is 142 Å². The number of oxime groups is 1. The van der Waals surface area contributed by atoms with Gasteiger partial charge in [0.25, 0.3) is 0 Å². The van der Waals surface area contributed by atoms with Gasteiger partial charge in [-0.15, -0.1) is 23.2 Å². The third kappa shape index (κ3) is 10.1. The summed E-state index contributed by atoms with van der Waals surface area (Å²) in [6, 6.07) is 0. The van der Waals surface area contributed by atoms with E-state index >= 15 is 0 Å². The molecule has 1 N–H and O–H groups in total. The highest BCUT2D eigenvalue weighted by Gasteiger charge is 2.40. The average Bonchev–Trinajstić information content (AvgIpc) is 1.82. The molecular weight excluding hydrogens is 628 g/mol. The van der Waals surface area contributed by atoms with Crippen LogP contribution in [-0.4, -0.2) is 20.5 Å². The number of hydrogen-bond donors (Lipinski definition) is 1. The highest BCUT2D eigenvalue weighted by atomic mass is 80.0. The molecule has 0 aromatic carbocycles. The van der Waals surface area contributed by atoms with Crippen molar-refractivity contribution in [3.8, 4) is 0 Å². The summed E-state index contributed by atoms with van der Waals surface area (Å²) in [5, 5.41) is 11.9. The fourth-order valence-electron chi connectivity index (χ4n) is 0.274. The van der Waals surface area contributed by atoms with Crippen LogP contribution >= 0.6 is 119 Å². The van der Waals surface area contributed by atoms with Crippen LogP contribution < -0.4 is 0 Å². The quantitative estimate of drug-likeness (QED) is 0.153. The van der Waals surface area contributed by atoms with Gasteiger partial charge in [0.05, 0.1) is 5.34 Å². The van der Waals surface area contributed by atoms with Gasteiger partial charge < -0.3 is 5.21 Å². The molecule has 14 heavy (non-hydrogen) atoms. The minimum Gasteiger partial charge on any atom is -0.411 e. The highest BCUT2D eigenvalue weighted by Crippen LogP contribution is 2.47. The molecule has 10 heteroatoms. The lowest BCUT2D eigenvalue weighted by atomic mass is 10.5. The fourth-order valence-corrected chi connectivity index (χ4v) is 4.93. The average molecular weight is 631 g/mol. The van der Waals surface area contributed by atoms with E-state index in [1.807, 2.05) is 0 Å². The molecule has 0 aliphatic carbocycles. The fraction of sp³-hybridized carbons (Fsp3) is 0.750. The first kappa shape index (κ1) is 19.3. The summed E-state index contributed by atoms with van der Waals surface area (Å²) in [7, 11) is 0. The number of rotatable bonds is 0. The zero-order valence-corrected chi connectivity index (χ0v) is 17.2. The second kappa shape index (κ2) is 8.94. The SMILES string of the molecule is ClCCl.ON=C(C(Br)(Br)Br)C(Br)(Br)Br. The lowest BCUT2D eigenvalue weighted by molar-refractivity contribution is 0.318. The summed E-state index contributed by atoms with van der Waals surface area (Å²) < 4.78 is -1.50. The molecule has 0 fully saturated rings. The van der Waals surface area contributed by atoms with Crippen LogP contribution in [0.25, 0.3) is 0 Å². The Kier molecular flexibility index (Phi) is 12.3. The summed E-state index contributed by atoms with van der Waals surface area (Å²) in [5.74, 6) is 0. The third-order valence-electron chi connectivity index (χ3n) is 0.637. The standard InChI is InChI=1S/C3HBr6NO.CH2Cl2/c4-2(5,6)1(10-11)3(7,8)9;2-1-3/h11H;1H2. The van der Waals surface area contributed by atoms with Crippen molar-refractivity contribution in [1.82, 2.24) is 0 Å². The van der Waals surface area contributed by atoms with Gasteiger partial charge in [0, 0.05) is 0 Å². The first-order valence-electron chi connectivity index (χ1n) is 2.59. The number of nitrogens with zero attached hydrogens (tertiary/aromatic N) is 1. The van der Waals surface area contributed by atoms with Crippen molar-refractivity contribution in [2.75, 3.05) is 5.34 Å². The Morgan fingerprint density at radius 2 is 1.21 bits per heavy atom. The normalized spacial score (nSPS) is 11.4. The van der Waals surface area contributed by atoms with Gasteiger partial charge in [-0.25, -0.2) is 0 Å². The molecule has 0 heterocycles. The van der Waals surface area contributed by atoms with Crippen LogP contribution in [0.5, 0.6) is 0 Å². The summed E-state index contributed by atoms with van der Waals surface area (Å²) in [4.78, 5) is 0. The summed E-state index contributed by atoms with van der Waals surface area (Å²) in [5.41, 5.74) is 0.338. The molecule has 0 rings (SSSR count). The first-order valence-corrected chi connectivity index (χ1v) is 8.42. The van der Waals surface area contributed by atoms with E-state index in [2.05, 4.69) is 101 Å². The molecule has 86 valence electrons. The Hall–Kier alpha value is 2.93. The molecule has 0 atom stereocenters. The van der Waals surface area contributed by atoms with Crippen LogP contribution in [0.15, 0.2) is 5.16 Å². The smallest absolute Gasteiger partial charge is 0.179 e. The Morgan fingerprint density at radius 1 is 1.00 bits per heavy atom. The largest absolute Gasteiger partial charge is 0.411 e. The molecule has 0 aromatic heterocycles. The van der Waals surface area contributed by atoms with Crippen LogP contribution in [0.3, 0.4) is 0 Å². The Morgan fingerprint density at radius 3 is 1.21 bits per heavy atom. The van der Waals surface area contributed by atoms with Crippen LogP contribution in [-0.2, 0) is 0 Å². The van der Waals surface area contributed by atoms with Gasteiger partial charge >= 0.3 is 0 Å². The van der Waals surface area contributed by atoms with Crippen molar-refractivity contribution < 1.29 is 5.21 Å². The van der Waals surface area contributed by atoms with Crippen LogP contribution in [0, 0.1) is 0 Å². The number of halogens is 8. The molecule has 0 aromatic rings. The molecule has 0 radical (unpaired) electrons.